The molecule has 102 valence electrons. The van der Waals surface area contributed by atoms with Crippen LogP contribution in [0.15, 0.2) is 6.20 Å². The summed E-state index contributed by atoms with van der Waals surface area (Å²) in [5.74, 6) is 0.211. The second kappa shape index (κ2) is 4.21. The molecular weight excluding hydrogens is 241 g/mol. The molecular formula is C13H19F3N2. The van der Waals surface area contributed by atoms with Crippen LogP contribution >= 0.6 is 0 Å². The lowest BCUT2D eigenvalue weighted by Gasteiger charge is -2.25. The summed E-state index contributed by atoms with van der Waals surface area (Å²) in [5.41, 5.74) is -1.84. The average molecular weight is 260 g/mol. The van der Waals surface area contributed by atoms with Gasteiger partial charge in [-0.2, -0.15) is 13.2 Å². The van der Waals surface area contributed by atoms with Gasteiger partial charge in [0.25, 0.3) is 0 Å². The summed E-state index contributed by atoms with van der Waals surface area (Å²) >= 11 is 0. The highest BCUT2D eigenvalue weighted by Crippen LogP contribution is 2.36. The van der Waals surface area contributed by atoms with Gasteiger partial charge >= 0.3 is 6.18 Å². The molecule has 1 heterocycles. The summed E-state index contributed by atoms with van der Waals surface area (Å²) in [4.78, 5) is 7.83. The minimum absolute atomic E-state index is 0.128. The molecule has 18 heavy (non-hydrogen) atoms. The quantitative estimate of drug-likeness (QED) is 0.702. The van der Waals surface area contributed by atoms with E-state index in [-0.39, 0.29) is 11.4 Å². The van der Waals surface area contributed by atoms with E-state index in [9.17, 15) is 13.2 Å². The molecule has 0 fully saturated rings. The third-order valence-corrected chi connectivity index (χ3v) is 2.54. The molecule has 2 nitrogen and oxygen atoms in total. The number of alkyl halides is 3. The van der Waals surface area contributed by atoms with Crippen molar-refractivity contribution in [2.24, 2.45) is 0 Å². The Labute approximate surface area is 106 Å². The van der Waals surface area contributed by atoms with Crippen molar-refractivity contribution in [3.63, 3.8) is 0 Å². The zero-order chi connectivity index (χ0) is 14.4. The fraction of sp³-hybridized carbons (Fsp3) is 0.692. The van der Waals surface area contributed by atoms with Crippen molar-refractivity contribution < 1.29 is 13.2 Å². The molecule has 0 spiro atoms. The highest BCUT2D eigenvalue weighted by Gasteiger charge is 2.39. The number of halogens is 3. The molecule has 0 amide bonds. The van der Waals surface area contributed by atoms with Gasteiger partial charge in [0, 0.05) is 17.2 Å². The van der Waals surface area contributed by atoms with Crippen LogP contribution in [-0.4, -0.2) is 9.97 Å². The molecule has 0 aliphatic heterocycles. The van der Waals surface area contributed by atoms with Gasteiger partial charge < -0.3 is 0 Å². The Morgan fingerprint density at radius 1 is 0.889 bits per heavy atom. The maximum atomic E-state index is 13.1. The molecule has 0 N–H and O–H groups in total. The summed E-state index contributed by atoms with van der Waals surface area (Å²) in [6.07, 6.45) is -3.15. The number of aromatic nitrogens is 2. The number of hydrogen-bond acceptors (Lipinski definition) is 2. The SMILES string of the molecule is CC(C)(C)c1ncc(C(C)(C)C)c(C(F)(F)F)n1. The van der Waals surface area contributed by atoms with E-state index in [0.29, 0.717) is 0 Å². The maximum absolute atomic E-state index is 13.1. The minimum Gasteiger partial charge on any atom is -0.240 e. The molecule has 1 aromatic heterocycles. The van der Waals surface area contributed by atoms with Crippen LogP contribution in [0.5, 0.6) is 0 Å². The van der Waals surface area contributed by atoms with Gasteiger partial charge in [0.1, 0.15) is 5.82 Å². The van der Waals surface area contributed by atoms with E-state index >= 15 is 0 Å². The third kappa shape index (κ3) is 3.21. The first-order valence-corrected chi connectivity index (χ1v) is 5.78. The van der Waals surface area contributed by atoms with Gasteiger partial charge in [-0.1, -0.05) is 41.5 Å². The van der Waals surface area contributed by atoms with Crippen molar-refractivity contribution in [3.05, 3.63) is 23.3 Å². The third-order valence-electron chi connectivity index (χ3n) is 2.54. The number of nitrogens with zero attached hydrogens (tertiary/aromatic N) is 2. The topological polar surface area (TPSA) is 25.8 Å². The fourth-order valence-corrected chi connectivity index (χ4v) is 1.51. The molecule has 0 saturated carbocycles. The summed E-state index contributed by atoms with van der Waals surface area (Å²) < 4.78 is 39.2. The largest absolute Gasteiger partial charge is 0.433 e. The average Bonchev–Trinajstić information content (AvgIpc) is 2.12. The molecule has 5 heteroatoms. The smallest absolute Gasteiger partial charge is 0.240 e. The van der Waals surface area contributed by atoms with Crippen molar-refractivity contribution in [2.45, 2.75) is 58.5 Å². The maximum Gasteiger partial charge on any atom is 0.433 e. The second-order valence-corrected chi connectivity index (χ2v) is 6.45. The van der Waals surface area contributed by atoms with E-state index in [2.05, 4.69) is 9.97 Å². The van der Waals surface area contributed by atoms with Gasteiger partial charge in [0.05, 0.1) is 0 Å². The van der Waals surface area contributed by atoms with Crippen LogP contribution in [0.1, 0.15) is 58.6 Å². The van der Waals surface area contributed by atoms with E-state index < -0.39 is 22.7 Å². The van der Waals surface area contributed by atoms with E-state index in [1.54, 1.807) is 41.5 Å². The summed E-state index contributed by atoms with van der Waals surface area (Å²) in [7, 11) is 0. The Morgan fingerprint density at radius 3 is 1.72 bits per heavy atom. The minimum atomic E-state index is -4.45. The molecule has 0 saturated heterocycles. The van der Waals surface area contributed by atoms with E-state index in [1.165, 1.54) is 6.20 Å². The Kier molecular flexibility index (Phi) is 3.49. The lowest BCUT2D eigenvalue weighted by Crippen LogP contribution is -2.26. The Morgan fingerprint density at radius 2 is 1.39 bits per heavy atom. The van der Waals surface area contributed by atoms with Crippen LogP contribution in [0, 0.1) is 0 Å². The van der Waals surface area contributed by atoms with Crippen molar-refractivity contribution >= 4 is 0 Å². The lowest BCUT2D eigenvalue weighted by atomic mass is 9.86. The van der Waals surface area contributed by atoms with E-state index in [0.717, 1.165) is 0 Å². The summed E-state index contributed by atoms with van der Waals surface area (Å²) in [6, 6.07) is 0. The summed E-state index contributed by atoms with van der Waals surface area (Å²) in [6.45, 7) is 10.5. The molecule has 0 atom stereocenters. The zero-order valence-electron chi connectivity index (χ0n) is 11.6. The molecule has 0 aliphatic rings. The van der Waals surface area contributed by atoms with Crippen LogP contribution in [0.25, 0.3) is 0 Å². The van der Waals surface area contributed by atoms with Crippen molar-refractivity contribution in [1.82, 2.24) is 9.97 Å². The Hall–Kier alpha value is -1.13. The zero-order valence-corrected chi connectivity index (χ0v) is 11.6. The molecule has 0 radical (unpaired) electrons. The van der Waals surface area contributed by atoms with Gasteiger partial charge in [-0.05, 0) is 5.41 Å². The van der Waals surface area contributed by atoms with Gasteiger partial charge in [-0.3, -0.25) is 0 Å². The molecule has 0 aromatic carbocycles. The Bertz CT molecular complexity index is 437. The van der Waals surface area contributed by atoms with Crippen molar-refractivity contribution in [3.8, 4) is 0 Å². The molecule has 1 rings (SSSR count). The fourth-order valence-electron chi connectivity index (χ4n) is 1.51. The highest BCUT2D eigenvalue weighted by molar-refractivity contribution is 5.28. The van der Waals surface area contributed by atoms with Crippen LogP contribution in [0.4, 0.5) is 13.2 Å². The number of rotatable bonds is 0. The van der Waals surface area contributed by atoms with Gasteiger partial charge in [-0.25, -0.2) is 9.97 Å². The predicted octanol–water partition coefficient (Wildman–Crippen LogP) is 4.09. The van der Waals surface area contributed by atoms with Crippen molar-refractivity contribution in [1.29, 1.82) is 0 Å². The lowest BCUT2D eigenvalue weighted by molar-refractivity contribution is -0.142. The molecule has 0 bridgehead atoms. The van der Waals surface area contributed by atoms with Gasteiger partial charge in [0.2, 0.25) is 0 Å². The van der Waals surface area contributed by atoms with Gasteiger partial charge in [-0.15, -0.1) is 0 Å². The first kappa shape index (κ1) is 14.9. The van der Waals surface area contributed by atoms with Crippen molar-refractivity contribution in [2.75, 3.05) is 0 Å². The molecule has 1 aromatic rings. The summed E-state index contributed by atoms with van der Waals surface area (Å²) in [5, 5.41) is 0. The number of hydrogen-bond donors (Lipinski definition) is 0. The molecule has 0 aliphatic carbocycles. The monoisotopic (exact) mass is 260 g/mol. The standard InChI is InChI=1S/C13H19F3N2/c1-11(2,3)8-7-17-10(12(4,5)6)18-9(8)13(14,15)16/h7H,1-6H3. The first-order valence-electron chi connectivity index (χ1n) is 5.78. The van der Waals surface area contributed by atoms with Crippen LogP contribution in [0.2, 0.25) is 0 Å². The highest BCUT2D eigenvalue weighted by atomic mass is 19.4. The predicted molar refractivity (Wildman–Crippen MR) is 64.4 cm³/mol. The Balaban J connectivity index is 3.50. The second-order valence-electron chi connectivity index (χ2n) is 6.45. The van der Waals surface area contributed by atoms with E-state index in [4.69, 9.17) is 0 Å². The van der Waals surface area contributed by atoms with Gasteiger partial charge in [0.15, 0.2) is 5.69 Å². The first-order chi connectivity index (χ1) is 7.83. The van der Waals surface area contributed by atoms with Crippen LogP contribution in [-0.2, 0) is 17.0 Å². The van der Waals surface area contributed by atoms with Crippen LogP contribution in [0.3, 0.4) is 0 Å². The van der Waals surface area contributed by atoms with Crippen LogP contribution < -0.4 is 0 Å². The molecule has 0 unspecified atom stereocenters. The van der Waals surface area contributed by atoms with E-state index in [1.807, 2.05) is 0 Å². The normalized spacial score (nSPS) is 13.8.